The summed E-state index contributed by atoms with van der Waals surface area (Å²) in [7, 11) is 0. The Labute approximate surface area is 139 Å². The van der Waals surface area contributed by atoms with Crippen LogP contribution in [0.5, 0.6) is 11.5 Å². The van der Waals surface area contributed by atoms with E-state index in [1.807, 2.05) is 35.7 Å². The lowest BCUT2D eigenvalue weighted by Gasteiger charge is -2.25. The van der Waals surface area contributed by atoms with E-state index in [2.05, 4.69) is 0 Å². The van der Waals surface area contributed by atoms with Crippen molar-refractivity contribution in [3.05, 3.63) is 40.6 Å². The van der Waals surface area contributed by atoms with Gasteiger partial charge in [-0.05, 0) is 36.5 Å². The van der Waals surface area contributed by atoms with Gasteiger partial charge in [0, 0.05) is 23.1 Å². The molecule has 0 spiro atoms. The van der Waals surface area contributed by atoms with Crippen LogP contribution in [0.3, 0.4) is 0 Å². The molecular formula is C17H20N2O3S. The first-order valence-electron chi connectivity index (χ1n) is 7.70. The molecule has 0 radical (unpaired) electrons. The topological polar surface area (TPSA) is 64.8 Å². The molecule has 1 aliphatic rings. The van der Waals surface area contributed by atoms with E-state index in [9.17, 15) is 4.79 Å². The van der Waals surface area contributed by atoms with Crippen LogP contribution in [0.15, 0.2) is 35.7 Å². The molecule has 122 valence electrons. The monoisotopic (exact) mass is 332 g/mol. The van der Waals surface area contributed by atoms with Crippen LogP contribution in [-0.4, -0.2) is 25.7 Å². The largest absolute Gasteiger partial charge is 0.486 e. The zero-order chi connectivity index (χ0) is 16.1. The Morgan fingerprint density at radius 3 is 2.78 bits per heavy atom. The summed E-state index contributed by atoms with van der Waals surface area (Å²) in [5, 5.41) is 2.02. The summed E-state index contributed by atoms with van der Waals surface area (Å²) in [6.45, 7) is 2.16. The van der Waals surface area contributed by atoms with Gasteiger partial charge >= 0.3 is 0 Å². The molecule has 1 aliphatic heterocycles. The predicted octanol–water partition coefficient (Wildman–Crippen LogP) is 2.79. The van der Waals surface area contributed by atoms with Crippen molar-refractivity contribution in [3.63, 3.8) is 0 Å². The van der Waals surface area contributed by atoms with Gasteiger partial charge in [-0.25, -0.2) is 0 Å². The number of carbonyl (C=O) groups excluding carboxylic acids is 1. The molecule has 1 aromatic carbocycles. The van der Waals surface area contributed by atoms with Crippen LogP contribution in [-0.2, 0) is 11.3 Å². The lowest BCUT2D eigenvalue weighted by Crippen LogP contribution is -2.30. The molecule has 2 heterocycles. The Bertz CT molecular complexity index is 658. The highest BCUT2D eigenvalue weighted by Crippen LogP contribution is 2.35. The molecule has 2 N–H and O–H groups in total. The summed E-state index contributed by atoms with van der Waals surface area (Å²) in [5.41, 5.74) is 6.36. The number of ether oxygens (including phenoxy) is 2. The van der Waals surface area contributed by atoms with Crippen LogP contribution in [0, 0.1) is 0 Å². The molecule has 2 aromatic rings. The second-order valence-corrected chi connectivity index (χ2v) is 6.31. The first-order chi connectivity index (χ1) is 11.3. The molecule has 0 bridgehead atoms. The highest BCUT2D eigenvalue weighted by Gasteiger charge is 2.19. The number of carbonyl (C=O) groups is 1. The van der Waals surface area contributed by atoms with Gasteiger partial charge in [-0.15, -0.1) is 11.3 Å². The average molecular weight is 332 g/mol. The van der Waals surface area contributed by atoms with Crippen LogP contribution < -0.4 is 20.1 Å². The molecule has 0 fully saturated rings. The quantitative estimate of drug-likeness (QED) is 0.883. The van der Waals surface area contributed by atoms with Gasteiger partial charge in [-0.1, -0.05) is 6.07 Å². The minimum absolute atomic E-state index is 0.0699. The zero-order valence-electron chi connectivity index (χ0n) is 12.9. The molecule has 0 atom stereocenters. The number of anilines is 1. The lowest BCUT2D eigenvalue weighted by molar-refractivity contribution is -0.118. The van der Waals surface area contributed by atoms with Crippen molar-refractivity contribution in [1.29, 1.82) is 0 Å². The molecule has 23 heavy (non-hydrogen) atoms. The Morgan fingerprint density at radius 1 is 1.22 bits per heavy atom. The summed E-state index contributed by atoms with van der Waals surface area (Å²) in [6, 6.07) is 9.67. The molecule has 0 unspecified atom stereocenters. The number of amides is 1. The summed E-state index contributed by atoms with van der Waals surface area (Å²) >= 11 is 1.64. The Morgan fingerprint density at radius 2 is 2.04 bits per heavy atom. The minimum atomic E-state index is 0.0699. The fraction of sp³-hybridized carbons (Fsp3) is 0.353. The van der Waals surface area contributed by atoms with E-state index in [1.54, 1.807) is 16.2 Å². The SMILES string of the molecule is NCCCC(=O)N(Cc1cccs1)c1ccc2c(c1)OCCO2. The summed E-state index contributed by atoms with van der Waals surface area (Å²) in [6.07, 6.45) is 1.13. The highest BCUT2D eigenvalue weighted by molar-refractivity contribution is 7.09. The Hall–Kier alpha value is -2.05. The number of fused-ring (bicyclic) bond motifs is 1. The standard InChI is InChI=1S/C17H20N2O3S/c18-7-1-4-17(20)19(12-14-3-2-10-23-14)13-5-6-15-16(11-13)22-9-8-21-15/h2-3,5-6,10-11H,1,4,7-9,12,18H2. The van der Waals surface area contributed by atoms with Crippen LogP contribution in [0.4, 0.5) is 5.69 Å². The van der Waals surface area contributed by atoms with E-state index in [1.165, 1.54) is 0 Å². The van der Waals surface area contributed by atoms with Gasteiger partial charge in [-0.2, -0.15) is 0 Å². The molecule has 0 aliphatic carbocycles. The van der Waals surface area contributed by atoms with Gasteiger partial charge < -0.3 is 20.1 Å². The second kappa shape index (κ2) is 7.48. The van der Waals surface area contributed by atoms with Crippen LogP contribution in [0.25, 0.3) is 0 Å². The lowest BCUT2D eigenvalue weighted by atomic mass is 10.2. The third-order valence-corrected chi connectivity index (χ3v) is 4.49. The van der Waals surface area contributed by atoms with E-state index >= 15 is 0 Å². The second-order valence-electron chi connectivity index (χ2n) is 5.28. The van der Waals surface area contributed by atoms with E-state index in [4.69, 9.17) is 15.2 Å². The third kappa shape index (κ3) is 3.83. The number of nitrogens with zero attached hydrogens (tertiary/aromatic N) is 1. The molecule has 1 aromatic heterocycles. The Kier molecular flexibility index (Phi) is 5.15. The first kappa shape index (κ1) is 15.8. The van der Waals surface area contributed by atoms with Crippen molar-refractivity contribution in [1.82, 2.24) is 0 Å². The molecule has 5 nitrogen and oxygen atoms in total. The smallest absolute Gasteiger partial charge is 0.227 e. The van der Waals surface area contributed by atoms with Gasteiger partial charge in [0.2, 0.25) is 5.91 Å². The van der Waals surface area contributed by atoms with E-state index in [-0.39, 0.29) is 5.91 Å². The number of thiophene rings is 1. The van der Waals surface area contributed by atoms with Crippen molar-refractivity contribution >= 4 is 22.9 Å². The number of benzene rings is 1. The fourth-order valence-electron chi connectivity index (χ4n) is 2.47. The van der Waals surface area contributed by atoms with Gasteiger partial charge in [0.25, 0.3) is 0 Å². The third-order valence-electron chi connectivity index (χ3n) is 3.63. The van der Waals surface area contributed by atoms with Crippen molar-refractivity contribution < 1.29 is 14.3 Å². The number of rotatable bonds is 6. The maximum absolute atomic E-state index is 12.6. The fourth-order valence-corrected chi connectivity index (χ4v) is 3.16. The van der Waals surface area contributed by atoms with E-state index in [0.717, 1.165) is 16.3 Å². The first-order valence-corrected chi connectivity index (χ1v) is 8.58. The van der Waals surface area contributed by atoms with E-state index in [0.29, 0.717) is 44.9 Å². The molecule has 0 saturated heterocycles. The highest BCUT2D eigenvalue weighted by atomic mass is 32.1. The van der Waals surface area contributed by atoms with Crippen LogP contribution in [0.2, 0.25) is 0 Å². The normalized spacial score (nSPS) is 12.9. The molecule has 3 rings (SSSR count). The molecular weight excluding hydrogens is 312 g/mol. The summed E-state index contributed by atoms with van der Waals surface area (Å²) in [4.78, 5) is 15.5. The maximum atomic E-state index is 12.6. The number of nitrogens with two attached hydrogens (primary N) is 1. The van der Waals surface area contributed by atoms with E-state index < -0.39 is 0 Å². The van der Waals surface area contributed by atoms with Gasteiger partial charge in [0.05, 0.1) is 6.54 Å². The van der Waals surface area contributed by atoms with Crippen molar-refractivity contribution in [2.24, 2.45) is 5.73 Å². The van der Waals surface area contributed by atoms with Crippen LogP contribution >= 0.6 is 11.3 Å². The summed E-state index contributed by atoms with van der Waals surface area (Å²) in [5.74, 6) is 1.49. The maximum Gasteiger partial charge on any atom is 0.227 e. The summed E-state index contributed by atoms with van der Waals surface area (Å²) < 4.78 is 11.2. The van der Waals surface area contributed by atoms with Gasteiger partial charge in [-0.3, -0.25) is 4.79 Å². The number of hydrogen-bond acceptors (Lipinski definition) is 5. The van der Waals surface area contributed by atoms with Crippen molar-refractivity contribution in [2.45, 2.75) is 19.4 Å². The van der Waals surface area contributed by atoms with Crippen molar-refractivity contribution in [3.8, 4) is 11.5 Å². The molecule has 1 amide bonds. The van der Waals surface area contributed by atoms with Gasteiger partial charge in [0.15, 0.2) is 11.5 Å². The van der Waals surface area contributed by atoms with Crippen molar-refractivity contribution in [2.75, 3.05) is 24.7 Å². The number of hydrogen-bond donors (Lipinski definition) is 1. The average Bonchev–Trinajstić information content (AvgIpc) is 3.10. The molecule has 0 saturated carbocycles. The minimum Gasteiger partial charge on any atom is -0.486 e. The predicted molar refractivity (Wildman–Crippen MR) is 91.2 cm³/mol. The zero-order valence-corrected chi connectivity index (χ0v) is 13.7. The van der Waals surface area contributed by atoms with Gasteiger partial charge in [0.1, 0.15) is 13.2 Å². The Balaban J connectivity index is 1.85. The van der Waals surface area contributed by atoms with Crippen LogP contribution in [0.1, 0.15) is 17.7 Å². The molecule has 6 heteroatoms.